The van der Waals surface area contributed by atoms with Gasteiger partial charge in [-0.05, 0) is 60.4 Å². The number of nitrogens with zero attached hydrogens (tertiary/aromatic N) is 2. The molecule has 0 amide bonds. The van der Waals surface area contributed by atoms with Gasteiger partial charge in [0, 0.05) is 29.2 Å². The molecule has 0 saturated heterocycles. The van der Waals surface area contributed by atoms with Gasteiger partial charge < -0.3 is 4.57 Å². The molecule has 0 spiro atoms. The van der Waals surface area contributed by atoms with Crippen LogP contribution >= 0.6 is 46.6 Å². The van der Waals surface area contributed by atoms with Crippen LogP contribution in [0.4, 0.5) is 0 Å². The summed E-state index contributed by atoms with van der Waals surface area (Å²) in [7, 11) is 0. The van der Waals surface area contributed by atoms with E-state index in [0.717, 1.165) is 36.6 Å². The van der Waals surface area contributed by atoms with Gasteiger partial charge in [0.05, 0.1) is 16.4 Å². The van der Waals surface area contributed by atoms with Crippen LogP contribution in [0.15, 0.2) is 61.2 Å². The number of imidazole rings is 1. The molecule has 1 unspecified atom stereocenters. The lowest BCUT2D eigenvalue weighted by Crippen LogP contribution is -2.16. The maximum Gasteiger partial charge on any atom is 0.0946 e. The molecule has 1 aromatic heterocycles. The monoisotopic (exact) mass is 438 g/mol. The molecule has 1 heterocycles. The van der Waals surface area contributed by atoms with E-state index >= 15 is 0 Å². The molecule has 6 heteroatoms. The largest absolute Gasteiger partial charge is 0.336 e. The Morgan fingerprint density at radius 3 is 2.44 bits per heavy atom. The third-order valence-corrected chi connectivity index (χ3v) is 6.60. The van der Waals surface area contributed by atoms with Crippen molar-refractivity contribution < 1.29 is 0 Å². The van der Waals surface area contributed by atoms with E-state index in [0.29, 0.717) is 15.3 Å². The van der Waals surface area contributed by atoms with Crippen molar-refractivity contribution >= 4 is 46.6 Å². The first kappa shape index (κ1) is 20.6. The van der Waals surface area contributed by atoms with Gasteiger partial charge in [0.15, 0.2) is 0 Å². The van der Waals surface area contributed by atoms with Gasteiger partial charge in [0.2, 0.25) is 0 Å². The number of aryl methyl sites for hydroxylation is 1. The minimum Gasteiger partial charge on any atom is -0.336 e. The Bertz CT molecular complexity index is 835. The SMILES string of the molecule is Clc1ccc(CC(Cn2ccnc2)SCCCc2ccc(Cl)c(Cl)c2)cc1. The lowest BCUT2D eigenvalue weighted by atomic mass is 10.1. The van der Waals surface area contributed by atoms with Crippen molar-refractivity contribution in [3.63, 3.8) is 0 Å². The summed E-state index contributed by atoms with van der Waals surface area (Å²) in [6.45, 7) is 0.945. The summed E-state index contributed by atoms with van der Waals surface area (Å²) in [5, 5.41) is 2.49. The average molecular weight is 440 g/mol. The third-order valence-electron chi connectivity index (χ3n) is 4.30. The first-order valence-corrected chi connectivity index (χ1v) is 11.0. The topological polar surface area (TPSA) is 17.8 Å². The van der Waals surface area contributed by atoms with E-state index in [9.17, 15) is 0 Å². The minimum absolute atomic E-state index is 0.481. The predicted molar refractivity (Wildman–Crippen MR) is 118 cm³/mol. The molecule has 0 aliphatic heterocycles. The number of rotatable bonds is 9. The molecule has 0 bridgehead atoms. The van der Waals surface area contributed by atoms with Crippen LogP contribution in [0, 0.1) is 0 Å². The average Bonchev–Trinajstić information content (AvgIpc) is 3.16. The van der Waals surface area contributed by atoms with Crippen molar-refractivity contribution in [3.8, 4) is 0 Å². The number of aromatic nitrogens is 2. The third kappa shape index (κ3) is 6.76. The van der Waals surface area contributed by atoms with E-state index in [-0.39, 0.29) is 0 Å². The molecule has 2 aromatic carbocycles. The van der Waals surface area contributed by atoms with Gasteiger partial charge >= 0.3 is 0 Å². The van der Waals surface area contributed by atoms with Gasteiger partial charge in [-0.2, -0.15) is 11.8 Å². The summed E-state index contributed by atoms with van der Waals surface area (Å²) in [4.78, 5) is 4.16. The van der Waals surface area contributed by atoms with Crippen molar-refractivity contribution in [2.24, 2.45) is 0 Å². The molecule has 1 atom stereocenters. The Kier molecular flexibility index (Phi) is 7.95. The fourth-order valence-electron chi connectivity index (χ4n) is 2.91. The number of hydrogen-bond donors (Lipinski definition) is 0. The van der Waals surface area contributed by atoms with E-state index in [1.807, 2.05) is 54.7 Å². The molecule has 0 saturated carbocycles. The molecule has 0 aliphatic rings. The molecule has 0 radical (unpaired) electrons. The second-order valence-electron chi connectivity index (χ2n) is 6.43. The summed E-state index contributed by atoms with van der Waals surface area (Å²) >= 11 is 20.1. The fourth-order valence-corrected chi connectivity index (χ4v) is 4.59. The van der Waals surface area contributed by atoms with Crippen molar-refractivity contribution in [2.45, 2.75) is 31.1 Å². The van der Waals surface area contributed by atoms with E-state index < -0.39 is 0 Å². The summed E-state index contributed by atoms with van der Waals surface area (Å²) in [6.07, 6.45) is 8.84. The standard InChI is InChI=1S/C21H21Cl3N2S/c22-18-6-3-17(4-7-18)12-19(14-26-10-9-25-15-26)27-11-1-2-16-5-8-20(23)21(24)13-16/h3-10,13,15,19H,1-2,11-12,14H2. The van der Waals surface area contributed by atoms with Crippen LogP contribution in [0.5, 0.6) is 0 Å². The van der Waals surface area contributed by atoms with E-state index in [1.54, 1.807) is 0 Å². The van der Waals surface area contributed by atoms with Gasteiger partial charge in [-0.1, -0.05) is 53.0 Å². The molecule has 27 heavy (non-hydrogen) atoms. The normalized spacial score (nSPS) is 12.3. The molecule has 3 aromatic rings. The Labute approximate surface area is 179 Å². The second-order valence-corrected chi connectivity index (χ2v) is 9.09. The van der Waals surface area contributed by atoms with Crippen LogP contribution in [0.1, 0.15) is 17.5 Å². The van der Waals surface area contributed by atoms with Crippen LogP contribution in [-0.2, 0) is 19.4 Å². The molecule has 0 N–H and O–H groups in total. The summed E-state index contributed by atoms with van der Waals surface area (Å²) in [5.41, 5.74) is 2.54. The molecular weight excluding hydrogens is 419 g/mol. The number of halogens is 3. The molecule has 142 valence electrons. The maximum atomic E-state index is 6.10. The van der Waals surface area contributed by atoms with Crippen LogP contribution in [-0.4, -0.2) is 20.6 Å². The summed E-state index contributed by atoms with van der Waals surface area (Å²) in [6, 6.07) is 14.0. The lowest BCUT2D eigenvalue weighted by Gasteiger charge is -2.17. The molecular formula is C21H21Cl3N2S. The van der Waals surface area contributed by atoms with E-state index in [1.165, 1.54) is 11.1 Å². The van der Waals surface area contributed by atoms with E-state index in [4.69, 9.17) is 34.8 Å². The van der Waals surface area contributed by atoms with Crippen LogP contribution < -0.4 is 0 Å². The smallest absolute Gasteiger partial charge is 0.0946 e. The van der Waals surface area contributed by atoms with Gasteiger partial charge in [-0.3, -0.25) is 0 Å². The molecule has 0 aliphatic carbocycles. The predicted octanol–water partition coefficient (Wildman–Crippen LogP) is 6.82. The zero-order chi connectivity index (χ0) is 19.1. The summed E-state index contributed by atoms with van der Waals surface area (Å²) < 4.78 is 2.15. The van der Waals surface area contributed by atoms with Gasteiger partial charge in [0.25, 0.3) is 0 Å². The number of benzene rings is 2. The second kappa shape index (κ2) is 10.4. The van der Waals surface area contributed by atoms with Crippen molar-refractivity contribution in [3.05, 3.63) is 87.4 Å². The first-order valence-electron chi connectivity index (χ1n) is 8.86. The highest BCUT2D eigenvalue weighted by molar-refractivity contribution is 7.99. The highest BCUT2D eigenvalue weighted by Gasteiger charge is 2.12. The Balaban J connectivity index is 1.54. The fraction of sp³-hybridized carbons (Fsp3) is 0.286. The zero-order valence-electron chi connectivity index (χ0n) is 14.8. The molecule has 0 fully saturated rings. The van der Waals surface area contributed by atoms with Crippen LogP contribution in [0.2, 0.25) is 15.1 Å². The van der Waals surface area contributed by atoms with Crippen molar-refractivity contribution in [1.29, 1.82) is 0 Å². The first-order chi connectivity index (χ1) is 13.1. The quantitative estimate of drug-likeness (QED) is 0.340. The van der Waals surface area contributed by atoms with Crippen LogP contribution in [0.3, 0.4) is 0 Å². The van der Waals surface area contributed by atoms with Gasteiger partial charge in [-0.15, -0.1) is 0 Å². The Morgan fingerprint density at radius 1 is 0.963 bits per heavy atom. The minimum atomic E-state index is 0.481. The molecule has 3 rings (SSSR count). The highest BCUT2D eigenvalue weighted by Crippen LogP contribution is 2.25. The Hall–Kier alpha value is -1.13. The van der Waals surface area contributed by atoms with Gasteiger partial charge in [-0.25, -0.2) is 4.98 Å². The van der Waals surface area contributed by atoms with E-state index in [2.05, 4.69) is 27.8 Å². The highest BCUT2D eigenvalue weighted by atomic mass is 35.5. The van der Waals surface area contributed by atoms with Crippen LogP contribution in [0.25, 0.3) is 0 Å². The molecule has 2 nitrogen and oxygen atoms in total. The Morgan fingerprint density at radius 2 is 1.74 bits per heavy atom. The number of thioether (sulfide) groups is 1. The van der Waals surface area contributed by atoms with Crippen molar-refractivity contribution in [2.75, 3.05) is 5.75 Å². The number of hydrogen-bond acceptors (Lipinski definition) is 2. The van der Waals surface area contributed by atoms with Crippen molar-refractivity contribution in [1.82, 2.24) is 9.55 Å². The maximum absolute atomic E-state index is 6.10. The zero-order valence-corrected chi connectivity index (χ0v) is 17.9. The summed E-state index contributed by atoms with van der Waals surface area (Å²) in [5.74, 6) is 1.09. The lowest BCUT2D eigenvalue weighted by molar-refractivity contribution is 0.656. The van der Waals surface area contributed by atoms with Gasteiger partial charge in [0.1, 0.15) is 0 Å².